The van der Waals surface area contributed by atoms with E-state index in [1.807, 2.05) is 0 Å². The number of amides is 1. The molecule has 0 radical (unpaired) electrons. The molecule has 10 heteroatoms. The van der Waals surface area contributed by atoms with Gasteiger partial charge in [0.25, 0.3) is 0 Å². The van der Waals surface area contributed by atoms with Crippen LogP contribution in [0.3, 0.4) is 0 Å². The van der Waals surface area contributed by atoms with Gasteiger partial charge in [-0.05, 0) is 49.4 Å². The minimum atomic E-state index is -3.84. The summed E-state index contributed by atoms with van der Waals surface area (Å²) >= 11 is 4.34. The van der Waals surface area contributed by atoms with Crippen LogP contribution in [-0.2, 0) is 14.8 Å². The van der Waals surface area contributed by atoms with E-state index in [0.717, 1.165) is 15.8 Å². The number of aromatic nitrogens is 1. The van der Waals surface area contributed by atoms with Gasteiger partial charge in [0.05, 0.1) is 21.2 Å². The summed E-state index contributed by atoms with van der Waals surface area (Å²) in [5.41, 5.74) is 0.551. The highest BCUT2D eigenvalue weighted by Crippen LogP contribution is 2.26. The van der Waals surface area contributed by atoms with E-state index in [9.17, 15) is 17.6 Å². The number of sulfonamides is 1. The first-order chi connectivity index (χ1) is 12.2. The number of hydrogen-bond donors (Lipinski definition) is 2. The minimum Gasteiger partial charge on any atom is -0.301 e. The third kappa shape index (κ3) is 4.26. The van der Waals surface area contributed by atoms with E-state index in [1.165, 1.54) is 37.3 Å². The van der Waals surface area contributed by atoms with Crippen LogP contribution in [0.4, 0.5) is 9.52 Å². The van der Waals surface area contributed by atoms with Crippen molar-refractivity contribution in [2.75, 3.05) is 5.32 Å². The smallest absolute Gasteiger partial charge is 0.244 e. The van der Waals surface area contributed by atoms with Crippen LogP contribution in [0.25, 0.3) is 10.2 Å². The van der Waals surface area contributed by atoms with Crippen molar-refractivity contribution < 1.29 is 17.6 Å². The van der Waals surface area contributed by atoms with Gasteiger partial charge in [0.2, 0.25) is 15.9 Å². The molecule has 0 aliphatic carbocycles. The molecule has 1 atom stereocenters. The van der Waals surface area contributed by atoms with Crippen molar-refractivity contribution in [2.24, 2.45) is 0 Å². The lowest BCUT2D eigenvalue weighted by Crippen LogP contribution is -2.41. The second-order valence-corrected chi connectivity index (χ2v) is 9.08. The van der Waals surface area contributed by atoms with Crippen molar-refractivity contribution in [2.45, 2.75) is 17.9 Å². The molecule has 2 aromatic carbocycles. The normalized spacial score (nSPS) is 12.9. The standard InChI is InChI=1S/C16H13BrFN3O3S2/c1-9(21-26(23,24)12-5-2-10(17)3-6-12)15(22)20-16-19-13-7-4-11(18)8-14(13)25-16/h2-9,21H,1H3,(H,19,20,22)/t9-/m0/s1. The fraction of sp³-hybridized carbons (Fsp3) is 0.125. The van der Waals surface area contributed by atoms with Crippen molar-refractivity contribution in [3.63, 3.8) is 0 Å². The van der Waals surface area contributed by atoms with Gasteiger partial charge in [-0.15, -0.1) is 0 Å². The lowest BCUT2D eigenvalue weighted by Gasteiger charge is -2.13. The van der Waals surface area contributed by atoms with Gasteiger partial charge in [-0.1, -0.05) is 27.3 Å². The lowest BCUT2D eigenvalue weighted by atomic mass is 10.3. The molecular formula is C16H13BrFN3O3S2. The van der Waals surface area contributed by atoms with Gasteiger partial charge >= 0.3 is 0 Å². The quantitative estimate of drug-likeness (QED) is 0.613. The predicted molar refractivity (Wildman–Crippen MR) is 102 cm³/mol. The minimum absolute atomic E-state index is 0.0517. The molecule has 0 aliphatic rings. The largest absolute Gasteiger partial charge is 0.301 e. The number of anilines is 1. The molecule has 26 heavy (non-hydrogen) atoms. The van der Waals surface area contributed by atoms with Crippen LogP contribution in [0.2, 0.25) is 0 Å². The SMILES string of the molecule is C[C@H](NS(=O)(=O)c1ccc(Br)cc1)C(=O)Nc1nc2ccc(F)cc2s1. The van der Waals surface area contributed by atoms with Crippen LogP contribution in [-0.4, -0.2) is 25.4 Å². The van der Waals surface area contributed by atoms with E-state index in [2.05, 4.69) is 31.0 Å². The summed E-state index contributed by atoms with van der Waals surface area (Å²) in [6, 6.07) is 9.14. The first-order valence-electron chi connectivity index (χ1n) is 7.39. The Hall–Kier alpha value is -1.88. The Morgan fingerprint density at radius 1 is 1.23 bits per heavy atom. The molecule has 1 heterocycles. The Balaban J connectivity index is 1.71. The van der Waals surface area contributed by atoms with Gasteiger partial charge in [0.15, 0.2) is 5.13 Å². The molecule has 0 saturated carbocycles. The third-order valence-corrected chi connectivity index (χ3v) is 6.45. The summed E-state index contributed by atoms with van der Waals surface area (Å²) in [5.74, 6) is -0.958. The van der Waals surface area contributed by atoms with Crippen molar-refractivity contribution in [3.8, 4) is 0 Å². The number of carbonyl (C=O) groups excluding carboxylic acids is 1. The Morgan fingerprint density at radius 2 is 1.92 bits per heavy atom. The molecule has 3 aromatic rings. The van der Waals surface area contributed by atoms with Gasteiger partial charge in [0.1, 0.15) is 5.82 Å². The summed E-state index contributed by atoms with van der Waals surface area (Å²) in [7, 11) is -3.84. The zero-order chi connectivity index (χ0) is 18.9. The maximum Gasteiger partial charge on any atom is 0.244 e. The zero-order valence-corrected chi connectivity index (χ0v) is 16.6. The summed E-state index contributed by atoms with van der Waals surface area (Å²) < 4.78 is 41.5. The van der Waals surface area contributed by atoms with Crippen LogP contribution in [0.15, 0.2) is 51.8 Å². The number of hydrogen-bond acceptors (Lipinski definition) is 5. The monoisotopic (exact) mass is 457 g/mol. The third-order valence-electron chi connectivity index (χ3n) is 3.43. The van der Waals surface area contributed by atoms with Crippen molar-refractivity contribution in [1.82, 2.24) is 9.71 Å². The highest BCUT2D eigenvalue weighted by atomic mass is 79.9. The maximum absolute atomic E-state index is 13.2. The van der Waals surface area contributed by atoms with E-state index in [4.69, 9.17) is 0 Å². The molecule has 136 valence electrons. The highest BCUT2D eigenvalue weighted by Gasteiger charge is 2.22. The fourth-order valence-corrected chi connectivity index (χ4v) is 4.49. The Morgan fingerprint density at radius 3 is 2.62 bits per heavy atom. The first-order valence-corrected chi connectivity index (χ1v) is 10.5. The summed E-state index contributed by atoms with van der Waals surface area (Å²) in [4.78, 5) is 16.5. The molecule has 0 spiro atoms. The Labute approximate surface area is 161 Å². The van der Waals surface area contributed by atoms with Crippen LogP contribution in [0.1, 0.15) is 6.92 Å². The van der Waals surface area contributed by atoms with Crippen molar-refractivity contribution >= 4 is 58.5 Å². The first kappa shape index (κ1) is 18.9. The number of benzene rings is 2. The zero-order valence-electron chi connectivity index (χ0n) is 13.4. The van der Waals surface area contributed by atoms with Crippen LogP contribution < -0.4 is 10.0 Å². The molecule has 1 aromatic heterocycles. The van der Waals surface area contributed by atoms with E-state index in [-0.39, 0.29) is 10.0 Å². The average Bonchev–Trinajstić information content (AvgIpc) is 2.96. The van der Waals surface area contributed by atoms with Gasteiger partial charge in [0, 0.05) is 4.47 Å². The molecular weight excluding hydrogens is 445 g/mol. The van der Waals surface area contributed by atoms with Gasteiger partial charge < -0.3 is 5.32 Å². The van der Waals surface area contributed by atoms with Crippen LogP contribution in [0, 0.1) is 5.82 Å². The number of thiazole rings is 1. The molecule has 0 fully saturated rings. The summed E-state index contributed by atoms with van der Waals surface area (Å²) in [6.45, 7) is 1.43. The van der Waals surface area contributed by atoms with E-state index >= 15 is 0 Å². The maximum atomic E-state index is 13.2. The highest BCUT2D eigenvalue weighted by molar-refractivity contribution is 9.10. The molecule has 0 unspecified atom stereocenters. The predicted octanol–water partition coefficient (Wildman–Crippen LogP) is 3.50. The lowest BCUT2D eigenvalue weighted by molar-refractivity contribution is -0.117. The molecule has 2 N–H and O–H groups in total. The molecule has 3 rings (SSSR count). The molecule has 0 aliphatic heterocycles. The van der Waals surface area contributed by atoms with Gasteiger partial charge in [-0.2, -0.15) is 4.72 Å². The molecule has 1 amide bonds. The number of nitrogens with one attached hydrogen (secondary N) is 2. The Bertz CT molecular complexity index is 1070. The molecule has 0 bridgehead atoms. The number of halogens is 2. The van der Waals surface area contributed by atoms with Crippen LogP contribution in [0.5, 0.6) is 0 Å². The van der Waals surface area contributed by atoms with Crippen molar-refractivity contribution in [3.05, 3.63) is 52.8 Å². The second-order valence-electron chi connectivity index (χ2n) is 5.42. The fourth-order valence-electron chi connectivity index (χ4n) is 2.13. The number of rotatable bonds is 5. The molecule has 0 saturated heterocycles. The summed E-state index contributed by atoms with van der Waals surface area (Å²) in [6.07, 6.45) is 0. The topological polar surface area (TPSA) is 88.2 Å². The molecule has 6 nitrogen and oxygen atoms in total. The van der Waals surface area contributed by atoms with Crippen LogP contribution >= 0.6 is 27.3 Å². The average molecular weight is 458 g/mol. The van der Waals surface area contributed by atoms with Crippen molar-refractivity contribution in [1.29, 1.82) is 0 Å². The Kier molecular flexibility index (Phi) is 5.37. The number of fused-ring (bicyclic) bond motifs is 1. The van der Waals surface area contributed by atoms with E-state index < -0.39 is 27.8 Å². The van der Waals surface area contributed by atoms with Gasteiger partial charge in [-0.25, -0.2) is 17.8 Å². The van der Waals surface area contributed by atoms with Gasteiger partial charge in [-0.3, -0.25) is 4.79 Å². The summed E-state index contributed by atoms with van der Waals surface area (Å²) in [5, 5.41) is 2.81. The second kappa shape index (κ2) is 7.39. The number of nitrogens with zero attached hydrogens (tertiary/aromatic N) is 1. The van der Waals surface area contributed by atoms with E-state index in [1.54, 1.807) is 12.1 Å². The number of carbonyl (C=O) groups is 1. The van der Waals surface area contributed by atoms with E-state index in [0.29, 0.717) is 10.2 Å².